The number of nitrogens with two attached hydrogens (primary N) is 1. The molecule has 5 aromatic rings. The topological polar surface area (TPSA) is 92.4 Å². The quantitative estimate of drug-likeness (QED) is 0.298. The molecular formula is C29H29ClN6O2. The number of nitrogens with zero attached hydrogens (tertiary/aromatic N) is 4. The van der Waals surface area contributed by atoms with Gasteiger partial charge in [0.05, 0.1) is 17.8 Å². The number of hydrogen-bond acceptors (Lipinski definition) is 6. The highest BCUT2D eigenvalue weighted by Gasteiger charge is 2.18. The molecule has 38 heavy (non-hydrogen) atoms. The third-order valence-electron chi connectivity index (χ3n) is 7.08. The van der Waals surface area contributed by atoms with Crippen LogP contribution in [-0.2, 0) is 0 Å². The monoisotopic (exact) mass is 528 g/mol. The fraction of sp³-hybridized carbons (Fsp3) is 0.241. The van der Waals surface area contributed by atoms with Crippen molar-refractivity contribution in [2.24, 2.45) is 0 Å². The van der Waals surface area contributed by atoms with Crippen molar-refractivity contribution in [3.63, 3.8) is 0 Å². The summed E-state index contributed by atoms with van der Waals surface area (Å²) in [4.78, 5) is 20.6. The van der Waals surface area contributed by atoms with Gasteiger partial charge in [-0.15, -0.1) is 0 Å². The molecule has 9 heteroatoms. The van der Waals surface area contributed by atoms with E-state index in [-0.39, 0.29) is 5.56 Å². The highest BCUT2D eigenvalue weighted by Crippen LogP contribution is 2.29. The number of H-pyrrole nitrogens is 1. The molecule has 3 N–H and O–H groups in total. The van der Waals surface area contributed by atoms with Gasteiger partial charge in [0.25, 0.3) is 5.56 Å². The second-order valence-corrected chi connectivity index (χ2v) is 9.96. The van der Waals surface area contributed by atoms with Crippen LogP contribution in [0.1, 0.15) is 6.42 Å². The first-order valence-electron chi connectivity index (χ1n) is 12.8. The van der Waals surface area contributed by atoms with Gasteiger partial charge in [0.1, 0.15) is 22.5 Å². The molecule has 1 aliphatic rings. The van der Waals surface area contributed by atoms with Crippen molar-refractivity contribution in [1.29, 1.82) is 0 Å². The normalized spacial score (nSPS) is 14.4. The highest BCUT2D eigenvalue weighted by molar-refractivity contribution is 6.30. The number of hydrogen-bond donors (Lipinski definition) is 2. The van der Waals surface area contributed by atoms with Crippen LogP contribution >= 0.6 is 11.6 Å². The maximum absolute atomic E-state index is 12.8. The zero-order valence-corrected chi connectivity index (χ0v) is 21.7. The molecule has 0 radical (unpaired) electrons. The molecule has 0 unspecified atom stereocenters. The van der Waals surface area contributed by atoms with Crippen LogP contribution in [-0.4, -0.2) is 59.0 Å². The van der Waals surface area contributed by atoms with Crippen molar-refractivity contribution in [3.05, 3.63) is 88.2 Å². The highest BCUT2D eigenvalue weighted by atomic mass is 35.5. The Bertz CT molecular complexity index is 1640. The molecule has 0 spiro atoms. The summed E-state index contributed by atoms with van der Waals surface area (Å²) in [7, 11) is 0. The Hall–Kier alpha value is -4.01. The number of anilines is 2. The van der Waals surface area contributed by atoms with E-state index in [4.69, 9.17) is 27.2 Å². The standard InChI is InChI=1S/C29H29ClN6O2/c30-20-6-4-9-22(18-20)35-15-13-34(14-16-35)12-5-17-38-23-10-11-25-24(19-23)27-26(29(37)32-25)28(31)36(33-27)21-7-2-1-3-8-21/h1-4,6-11,18-19H,5,12-17,31H2,(H,32,37). The van der Waals surface area contributed by atoms with Gasteiger partial charge >= 0.3 is 0 Å². The van der Waals surface area contributed by atoms with Crippen molar-refractivity contribution < 1.29 is 4.74 Å². The molecule has 1 fully saturated rings. The van der Waals surface area contributed by atoms with Crippen molar-refractivity contribution in [2.45, 2.75) is 6.42 Å². The van der Waals surface area contributed by atoms with Crippen LogP contribution in [0.3, 0.4) is 0 Å². The molecule has 1 aliphatic heterocycles. The van der Waals surface area contributed by atoms with Crippen LogP contribution in [0.5, 0.6) is 5.75 Å². The average molecular weight is 529 g/mol. The largest absolute Gasteiger partial charge is 0.494 e. The van der Waals surface area contributed by atoms with Gasteiger partial charge in [-0.05, 0) is 55.0 Å². The number of halogens is 1. The van der Waals surface area contributed by atoms with Crippen LogP contribution in [0.2, 0.25) is 5.02 Å². The number of nitrogens with one attached hydrogen (secondary N) is 1. The van der Waals surface area contributed by atoms with Crippen LogP contribution in [0.15, 0.2) is 77.6 Å². The van der Waals surface area contributed by atoms with Gasteiger partial charge in [0, 0.05) is 48.8 Å². The lowest BCUT2D eigenvalue weighted by Crippen LogP contribution is -2.46. The first kappa shape index (κ1) is 24.3. The molecule has 194 valence electrons. The average Bonchev–Trinajstić information content (AvgIpc) is 3.30. The lowest BCUT2D eigenvalue weighted by atomic mass is 10.1. The Labute approximate surface area is 225 Å². The van der Waals surface area contributed by atoms with Crippen LogP contribution < -0.4 is 20.9 Å². The van der Waals surface area contributed by atoms with E-state index < -0.39 is 0 Å². The predicted molar refractivity (Wildman–Crippen MR) is 154 cm³/mol. The summed E-state index contributed by atoms with van der Waals surface area (Å²) in [6, 6.07) is 23.3. The second kappa shape index (κ2) is 10.4. The first-order valence-corrected chi connectivity index (χ1v) is 13.2. The number of pyridine rings is 1. The fourth-order valence-corrected chi connectivity index (χ4v) is 5.28. The molecule has 0 aliphatic carbocycles. The Morgan fingerprint density at radius 3 is 2.53 bits per heavy atom. The number of piperazine rings is 1. The molecule has 6 rings (SSSR count). The summed E-state index contributed by atoms with van der Waals surface area (Å²) in [5.41, 5.74) is 9.35. The summed E-state index contributed by atoms with van der Waals surface area (Å²) in [5, 5.41) is 6.66. The third kappa shape index (κ3) is 4.80. The molecule has 0 bridgehead atoms. The van der Waals surface area contributed by atoms with Crippen molar-refractivity contribution in [1.82, 2.24) is 19.7 Å². The van der Waals surface area contributed by atoms with E-state index >= 15 is 0 Å². The Balaban J connectivity index is 1.11. The van der Waals surface area contributed by atoms with Gasteiger partial charge < -0.3 is 20.4 Å². The molecule has 0 atom stereocenters. The van der Waals surface area contributed by atoms with Crippen molar-refractivity contribution in [2.75, 3.05) is 50.0 Å². The van der Waals surface area contributed by atoms with Crippen LogP contribution in [0.4, 0.5) is 11.5 Å². The molecule has 3 heterocycles. The zero-order chi connectivity index (χ0) is 26.1. The summed E-state index contributed by atoms with van der Waals surface area (Å²) in [6.45, 7) is 5.58. The van der Waals surface area contributed by atoms with Gasteiger partial charge in [-0.1, -0.05) is 35.9 Å². The minimum absolute atomic E-state index is 0.253. The van der Waals surface area contributed by atoms with E-state index in [0.29, 0.717) is 28.8 Å². The van der Waals surface area contributed by atoms with Crippen LogP contribution in [0, 0.1) is 0 Å². The van der Waals surface area contributed by atoms with E-state index in [1.807, 2.05) is 66.7 Å². The molecule has 0 saturated carbocycles. The summed E-state index contributed by atoms with van der Waals surface area (Å²) < 4.78 is 7.71. The van der Waals surface area contributed by atoms with Crippen molar-refractivity contribution in [3.8, 4) is 11.4 Å². The number of benzene rings is 3. The minimum atomic E-state index is -0.253. The Morgan fingerprint density at radius 2 is 1.74 bits per heavy atom. The van der Waals surface area contributed by atoms with E-state index in [9.17, 15) is 4.79 Å². The Kier molecular flexibility index (Phi) is 6.66. The Morgan fingerprint density at radius 1 is 0.947 bits per heavy atom. The third-order valence-corrected chi connectivity index (χ3v) is 7.31. The maximum Gasteiger partial charge on any atom is 0.261 e. The molecule has 2 aromatic heterocycles. The molecule has 1 saturated heterocycles. The van der Waals surface area contributed by atoms with Crippen LogP contribution in [0.25, 0.3) is 27.5 Å². The zero-order valence-electron chi connectivity index (χ0n) is 20.9. The molecular weight excluding hydrogens is 500 g/mol. The van der Waals surface area contributed by atoms with Gasteiger partial charge in [0.15, 0.2) is 0 Å². The number of nitrogen functional groups attached to an aromatic ring is 1. The first-order chi connectivity index (χ1) is 18.6. The number of rotatable bonds is 7. The molecule has 0 amide bonds. The van der Waals surface area contributed by atoms with Gasteiger partial charge in [-0.2, -0.15) is 5.10 Å². The number of para-hydroxylation sites is 1. The molecule has 8 nitrogen and oxygen atoms in total. The minimum Gasteiger partial charge on any atom is -0.494 e. The number of aromatic amines is 1. The van der Waals surface area contributed by atoms with E-state index in [1.165, 1.54) is 5.69 Å². The predicted octanol–water partition coefficient (Wildman–Crippen LogP) is 4.69. The number of ether oxygens (including phenoxy) is 1. The number of aromatic nitrogens is 3. The summed E-state index contributed by atoms with van der Waals surface area (Å²) >= 11 is 6.15. The lowest BCUT2D eigenvalue weighted by Gasteiger charge is -2.36. The van der Waals surface area contributed by atoms with Gasteiger partial charge in [-0.25, -0.2) is 4.68 Å². The van der Waals surface area contributed by atoms with E-state index in [1.54, 1.807) is 4.68 Å². The maximum atomic E-state index is 12.8. The lowest BCUT2D eigenvalue weighted by molar-refractivity contribution is 0.225. The number of fused-ring (bicyclic) bond motifs is 3. The smallest absolute Gasteiger partial charge is 0.261 e. The van der Waals surface area contributed by atoms with Crippen molar-refractivity contribution >= 4 is 44.9 Å². The van der Waals surface area contributed by atoms with Gasteiger partial charge in [0.2, 0.25) is 0 Å². The fourth-order valence-electron chi connectivity index (χ4n) is 5.09. The van der Waals surface area contributed by atoms with E-state index in [2.05, 4.69) is 20.9 Å². The second-order valence-electron chi connectivity index (χ2n) is 9.53. The van der Waals surface area contributed by atoms with Gasteiger partial charge in [-0.3, -0.25) is 9.69 Å². The SMILES string of the molecule is Nc1c2c(=O)[nH]c3ccc(OCCCN4CCN(c5cccc(Cl)c5)CC4)cc3c2nn1-c1ccccc1. The summed E-state index contributed by atoms with van der Waals surface area (Å²) in [5.74, 6) is 1.06. The van der Waals surface area contributed by atoms with E-state index in [0.717, 1.165) is 61.0 Å². The molecule has 3 aromatic carbocycles. The summed E-state index contributed by atoms with van der Waals surface area (Å²) in [6.07, 6.45) is 0.922.